The zero-order valence-corrected chi connectivity index (χ0v) is 49.9. The SMILES string of the molecule is CC/C=C\C/C=C\C/C=C\C/C=C\C/C=C\C/C=C\C/C=C\C/C=C\CCCCCCCCCCCCC(=O)OCC(COC(=O)CCCCCCCCCCCCC)OC(=O)CCCCC/C=C\C/C=C\C/C=C\CC. The van der Waals surface area contributed by atoms with Crippen molar-refractivity contribution in [3.05, 3.63) is 134 Å². The van der Waals surface area contributed by atoms with Crippen LogP contribution in [0, 0.1) is 0 Å². The zero-order chi connectivity index (χ0) is 55.7. The summed E-state index contributed by atoms with van der Waals surface area (Å²) in [5.74, 6) is -0.926. The van der Waals surface area contributed by atoms with Gasteiger partial charge < -0.3 is 14.2 Å². The molecule has 77 heavy (non-hydrogen) atoms. The molecule has 6 nitrogen and oxygen atoms in total. The lowest BCUT2D eigenvalue weighted by molar-refractivity contribution is -0.167. The minimum atomic E-state index is -0.796. The van der Waals surface area contributed by atoms with E-state index in [9.17, 15) is 14.4 Å². The summed E-state index contributed by atoms with van der Waals surface area (Å²) in [6, 6.07) is 0. The molecule has 0 heterocycles. The van der Waals surface area contributed by atoms with Gasteiger partial charge in [0.15, 0.2) is 6.10 Å². The van der Waals surface area contributed by atoms with Crippen molar-refractivity contribution < 1.29 is 28.6 Å². The van der Waals surface area contributed by atoms with Crippen LogP contribution in [0.1, 0.15) is 278 Å². The highest BCUT2D eigenvalue weighted by Crippen LogP contribution is 2.15. The Balaban J connectivity index is 4.18. The largest absolute Gasteiger partial charge is 0.462 e. The minimum absolute atomic E-state index is 0.0911. The molecule has 0 aliphatic rings. The molecule has 0 N–H and O–H groups in total. The smallest absolute Gasteiger partial charge is 0.306 e. The molecule has 0 bridgehead atoms. The van der Waals surface area contributed by atoms with Crippen LogP contribution >= 0.6 is 0 Å². The Morgan fingerprint density at radius 1 is 0.273 bits per heavy atom. The number of hydrogen-bond acceptors (Lipinski definition) is 6. The highest BCUT2D eigenvalue weighted by Gasteiger charge is 2.19. The van der Waals surface area contributed by atoms with E-state index in [1.165, 1.54) is 96.3 Å². The third-order valence-electron chi connectivity index (χ3n) is 13.2. The Kier molecular flexibility index (Phi) is 60.4. The summed E-state index contributed by atoms with van der Waals surface area (Å²) >= 11 is 0. The van der Waals surface area contributed by atoms with E-state index in [1.807, 2.05) is 0 Å². The predicted octanol–water partition coefficient (Wildman–Crippen LogP) is 21.8. The highest BCUT2D eigenvalue weighted by molar-refractivity contribution is 5.71. The van der Waals surface area contributed by atoms with Crippen molar-refractivity contribution in [2.45, 2.75) is 284 Å². The number of carbonyl (C=O) groups excluding carboxylic acids is 3. The van der Waals surface area contributed by atoms with E-state index in [2.05, 4.69) is 154 Å². The number of carbonyl (C=O) groups is 3. The summed E-state index contributed by atoms with van der Waals surface area (Å²) in [4.78, 5) is 38.1. The molecule has 0 aromatic rings. The molecule has 0 saturated heterocycles. The standard InChI is InChI=1S/C71H116O6/c1-4-7-10-13-16-19-22-24-25-26-27-28-29-30-31-32-33-34-35-36-37-38-39-40-41-42-43-44-45-47-49-52-55-58-61-64-70(73)76-67-68(66-75-69(72)63-60-57-54-51-48-21-18-15-12-9-6-3)77-71(74)65-62-59-56-53-50-46-23-20-17-14-11-8-5-2/h7-8,10-11,16-17,19-20,24-25,27-28,30-31,33-34,36-37,39-40,46,50,68H,4-6,9,12-15,18,21-23,26,29,32,35,38,41-45,47-49,51-67H2,1-3H3/b10-7-,11-8-,19-16-,20-17-,25-24-,28-27-,31-30-,34-33-,37-36-,40-39-,50-46-. The van der Waals surface area contributed by atoms with E-state index < -0.39 is 6.10 Å². The van der Waals surface area contributed by atoms with Gasteiger partial charge in [-0.3, -0.25) is 14.4 Å². The molecular formula is C71H116O6. The zero-order valence-electron chi connectivity index (χ0n) is 49.9. The average Bonchev–Trinajstić information content (AvgIpc) is 3.43. The molecule has 1 atom stereocenters. The maximum Gasteiger partial charge on any atom is 0.306 e. The van der Waals surface area contributed by atoms with Crippen LogP contribution in [0.15, 0.2) is 134 Å². The molecule has 0 fully saturated rings. The quantitative estimate of drug-likeness (QED) is 0.0261. The van der Waals surface area contributed by atoms with Crippen molar-refractivity contribution in [3.8, 4) is 0 Å². The summed E-state index contributed by atoms with van der Waals surface area (Å²) in [5, 5.41) is 0. The van der Waals surface area contributed by atoms with E-state index in [0.717, 1.165) is 141 Å². The fraction of sp³-hybridized carbons (Fsp3) is 0.648. The van der Waals surface area contributed by atoms with Crippen LogP contribution in [0.5, 0.6) is 0 Å². The van der Waals surface area contributed by atoms with Crippen LogP contribution in [-0.2, 0) is 28.6 Å². The fourth-order valence-electron chi connectivity index (χ4n) is 8.47. The molecule has 0 aliphatic heterocycles. The molecule has 0 aromatic heterocycles. The molecule has 436 valence electrons. The van der Waals surface area contributed by atoms with Crippen molar-refractivity contribution in [2.24, 2.45) is 0 Å². The van der Waals surface area contributed by atoms with E-state index in [1.54, 1.807) is 0 Å². The van der Waals surface area contributed by atoms with Crippen LogP contribution in [0.3, 0.4) is 0 Å². The first-order chi connectivity index (χ1) is 38.0. The fourth-order valence-corrected chi connectivity index (χ4v) is 8.47. The molecule has 0 rings (SSSR count). The summed E-state index contributed by atoms with van der Waals surface area (Å²) in [5.41, 5.74) is 0. The first kappa shape index (κ1) is 72.5. The van der Waals surface area contributed by atoms with Gasteiger partial charge in [0.25, 0.3) is 0 Å². The number of ether oxygens (including phenoxy) is 3. The van der Waals surface area contributed by atoms with Crippen LogP contribution in [0.2, 0.25) is 0 Å². The Morgan fingerprint density at radius 2 is 0.506 bits per heavy atom. The van der Waals surface area contributed by atoms with E-state index in [-0.39, 0.29) is 31.1 Å². The second kappa shape index (κ2) is 64.1. The highest BCUT2D eigenvalue weighted by atomic mass is 16.6. The van der Waals surface area contributed by atoms with Gasteiger partial charge in [-0.05, 0) is 116 Å². The first-order valence-corrected chi connectivity index (χ1v) is 31.7. The van der Waals surface area contributed by atoms with Gasteiger partial charge in [0.2, 0.25) is 0 Å². The number of rotatable bonds is 56. The van der Waals surface area contributed by atoms with Crippen molar-refractivity contribution in [2.75, 3.05) is 13.2 Å². The van der Waals surface area contributed by atoms with Gasteiger partial charge in [0.1, 0.15) is 13.2 Å². The van der Waals surface area contributed by atoms with E-state index in [4.69, 9.17) is 14.2 Å². The van der Waals surface area contributed by atoms with Crippen LogP contribution < -0.4 is 0 Å². The molecule has 0 amide bonds. The lowest BCUT2D eigenvalue weighted by Gasteiger charge is -2.18. The Hall–Kier alpha value is -4.45. The maximum atomic E-state index is 12.8. The Labute approximate surface area is 475 Å². The Bertz CT molecular complexity index is 1650. The summed E-state index contributed by atoms with van der Waals surface area (Å²) < 4.78 is 16.8. The van der Waals surface area contributed by atoms with Gasteiger partial charge in [-0.1, -0.05) is 276 Å². The van der Waals surface area contributed by atoms with Crippen molar-refractivity contribution in [3.63, 3.8) is 0 Å². The second-order valence-electron chi connectivity index (χ2n) is 20.6. The van der Waals surface area contributed by atoms with Crippen molar-refractivity contribution in [1.29, 1.82) is 0 Å². The summed E-state index contributed by atoms with van der Waals surface area (Å²) in [7, 11) is 0. The number of hydrogen-bond donors (Lipinski definition) is 0. The first-order valence-electron chi connectivity index (χ1n) is 31.7. The summed E-state index contributed by atoms with van der Waals surface area (Å²) in [6.07, 6.45) is 90.4. The van der Waals surface area contributed by atoms with Gasteiger partial charge in [-0.25, -0.2) is 0 Å². The Morgan fingerprint density at radius 3 is 0.805 bits per heavy atom. The number of esters is 3. The average molecular weight is 1070 g/mol. The molecule has 0 aliphatic carbocycles. The molecular weight excluding hydrogens is 949 g/mol. The van der Waals surface area contributed by atoms with Gasteiger partial charge in [-0.2, -0.15) is 0 Å². The van der Waals surface area contributed by atoms with Crippen molar-refractivity contribution >= 4 is 17.9 Å². The van der Waals surface area contributed by atoms with Gasteiger partial charge in [0, 0.05) is 19.3 Å². The topological polar surface area (TPSA) is 78.9 Å². The molecule has 0 spiro atoms. The monoisotopic (exact) mass is 1060 g/mol. The van der Waals surface area contributed by atoms with Gasteiger partial charge >= 0.3 is 17.9 Å². The minimum Gasteiger partial charge on any atom is -0.462 e. The number of unbranched alkanes of at least 4 members (excludes halogenated alkanes) is 23. The molecule has 0 radical (unpaired) electrons. The third-order valence-corrected chi connectivity index (χ3v) is 13.2. The maximum absolute atomic E-state index is 12.8. The van der Waals surface area contributed by atoms with Crippen LogP contribution in [0.4, 0.5) is 0 Å². The normalized spacial score (nSPS) is 13.0. The van der Waals surface area contributed by atoms with E-state index in [0.29, 0.717) is 19.3 Å². The number of allylic oxidation sites excluding steroid dienone is 22. The molecule has 1 unspecified atom stereocenters. The molecule has 6 heteroatoms. The lowest BCUT2D eigenvalue weighted by Crippen LogP contribution is -2.30. The third kappa shape index (κ3) is 62.3. The lowest BCUT2D eigenvalue weighted by atomic mass is 10.1. The molecule has 0 aromatic carbocycles. The van der Waals surface area contributed by atoms with Gasteiger partial charge in [-0.15, -0.1) is 0 Å². The molecule has 0 saturated carbocycles. The van der Waals surface area contributed by atoms with E-state index >= 15 is 0 Å². The van der Waals surface area contributed by atoms with Crippen LogP contribution in [0.25, 0.3) is 0 Å². The van der Waals surface area contributed by atoms with Gasteiger partial charge in [0.05, 0.1) is 0 Å². The van der Waals surface area contributed by atoms with Crippen LogP contribution in [-0.4, -0.2) is 37.2 Å². The predicted molar refractivity (Wildman–Crippen MR) is 334 cm³/mol. The van der Waals surface area contributed by atoms with Crippen molar-refractivity contribution in [1.82, 2.24) is 0 Å². The summed E-state index contributed by atoms with van der Waals surface area (Å²) in [6.45, 7) is 6.38. The second-order valence-corrected chi connectivity index (χ2v) is 20.6.